The molecule has 1 amide bonds. The molecule has 1 unspecified atom stereocenters. The molecule has 198 valence electrons. The van der Waals surface area contributed by atoms with Gasteiger partial charge in [-0.3, -0.25) is 14.6 Å². The van der Waals surface area contributed by atoms with Crippen LogP contribution in [0.1, 0.15) is 47.3 Å². The monoisotopic (exact) mass is 580 g/mol. The highest BCUT2D eigenvalue weighted by molar-refractivity contribution is 9.10. The predicted molar refractivity (Wildman–Crippen MR) is 147 cm³/mol. The SMILES string of the molecule is COc1ccc(Oc2c(C)cc(-n3nc(C(=O)N4CCC5CCCC=C5C4)c(=O)[nH]c3=O)cc2C)cc1Br. The Morgan fingerprint density at radius 3 is 2.61 bits per heavy atom. The predicted octanol–water partition coefficient (Wildman–Crippen LogP) is 4.67. The van der Waals surface area contributed by atoms with Gasteiger partial charge in [0, 0.05) is 13.1 Å². The van der Waals surface area contributed by atoms with Crippen LogP contribution in [-0.4, -0.2) is 45.8 Å². The van der Waals surface area contributed by atoms with Gasteiger partial charge >= 0.3 is 5.69 Å². The van der Waals surface area contributed by atoms with Gasteiger partial charge in [-0.05, 0) is 103 Å². The maximum Gasteiger partial charge on any atom is 0.349 e. The van der Waals surface area contributed by atoms with Gasteiger partial charge in [-0.25, -0.2) is 4.79 Å². The average Bonchev–Trinajstić information content (AvgIpc) is 2.90. The molecular weight excluding hydrogens is 552 g/mol. The molecule has 38 heavy (non-hydrogen) atoms. The summed E-state index contributed by atoms with van der Waals surface area (Å²) in [6, 6.07) is 8.88. The Kier molecular flexibility index (Phi) is 7.25. The number of ether oxygens (including phenoxy) is 2. The van der Waals surface area contributed by atoms with E-state index in [1.807, 2.05) is 19.9 Å². The van der Waals surface area contributed by atoms with Crippen LogP contribution in [-0.2, 0) is 0 Å². The number of nitrogens with zero attached hydrogens (tertiary/aromatic N) is 3. The molecule has 2 aromatic carbocycles. The molecule has 1 aliphatic carbocycles. The van der Waals surface area contributed by atoms with E-state index in [1.54, 1.807) is 36.3 Å². The minimum atomic E-state index is -0.783. The number of benzene rings is 2. The van der Waals surface area contributed by atoms with Gasteiger partial charge in [-0.15, -0.1) is 0 Å². The number of halogens is 1. The van der Waals surface area contributed by atoms with Crippen molar-refractivity contribution in [2.45, 2.75) is 39.5 Å². The number of carbonyl (C=O) groups excluding carboxylic acids is 1. The number of aryl methyl sites for hydroxylation is 2. The summed E-state index contributed by atoms with van der Waals surface area (Å²) < 4.78 is 13.2. The summed E-state index contributed by atoms with van der Waals surface area (Å²) >= 11 is 3.46. The zero-order valence-electron chi connectivity index (χ0n) is 21.5. The maximum atomic E-state index is 13.3. The van der Waals surface area contributed by atoms with Crippen LogP contribution in [0, 0.1) is 19.8 Å². The molecule has 1 aromatic heterocycles. The number of allylic oxidation sites excluding steroid dienone is 1. The fourth-order valence-corrected chi connectivity index (χ4v) is 5.74. The summed E-state index contributed by atoms with van der Waals surface area (Å²) in [5.74, 6) is 1.97. The van der Waals surface area contributed by atoms with Crippen LogP contribution in [0.3, 0.4) is 0 Å². The van der Waals surface area contributed by atoms with Gasteiger partial charge in [0.15, 0.2) is 0 Å². The van der Waals surface area contributed by atoms with E-state index in [0.29, 0.717) is 41.9 Å². The third kappa shape index (κ3) is 5.05. The summed E-state index contributed by atoms with van der Waals surface area (Å²) in [5.41, 5.74) is 1.40. The quantitative estimate of drug-likeness (QED) is 0.439. The number of aromatic nitrogens is 3. The molecule has 1 N–H and O–H groups in total. The molecule has 0 bridgehead atoms. The van der Waals surface area contributed by atoms with Gasteiger partial charge in [0.1, 0.15) is 17.2 Å². The number of likely N-dealkylation sites (tertiary alicyclic amines) is 1. The molecule has 10 heteroatoms. The van der Waals surface area contributed by atoms with E-state index in [0.717, 1.165) is 39.5 Å². The molecule has 1 fully saturated rings. The first-order valence-corrected chi connectivity index (χ1v) is 13.4. The van der Waals surface area contributed by atoms with Crippen LogP contribution in [0.25, 0.3) is 5.69 Å². The number of carbonyl (C=O) groups is 1. The van der Waals surface area contributed by atoms with Crippen molar-refractivity contribution in [1.29, 1.82) is 0 Å². The zero-order chi connectivity index (χ0) is 27.0. The second kappa shape index (κ2) is 10.6. The number of aromatic amines is 1. The van der Waals surface area contributed by atoms with Crippen LogP contribution >= 0.6 is 15.9 Å². The molecule has 3 aromatic rings. The Morgan fingerprint density at radius 2 is 1.89 bits per heavy atom. The first-order chi connectivity index (χ1) is 18.2. The molecule has 0 radical (unpaired) electrons. The van der Waals surface area contributed by atoms with E-state index in [2.05, 4.69) is 32.1 Å². The number of piperidine rings is 1. The molecule has 1 saturated heterocycles. The van der Waals surface area contributed by atoms with Crippen molar-refractivity contribution in [2.24, 2.45) is 5.92 Å². The lowest BCUT2D eigenvalue weighted by Crippen LogP contribution is -2.45. The molecule has 5 rings (SSSR count). The largest absolute Gasteiger partial charge is 0.496 e. The smallest absolute Gasteiger partial charge is 0.349 e. The van der Waals surface area contributed by atoms with Crippen LogP contribution in [0.15, 0.2) is 56.0 Å². The van der Waals surface area contributed by atoms with Gasteiger partial charge < -0.3 is 14.4 Å². The number of hydrogen-bond donors (Lipinski definition) is 1. The third-order valence-electron chi connectivity index (χ3n) is 7.16. The molecule has 2 heterocycles. The highest BCUT2D eigenvalue weighted by Gasteiger charge is 2.30. The van der Waals surface area contributed by atoms with Gasteiger partial charge in [0.05, 0.1) is 17.3 Å². The number of nitrogens with one attached hydrogen (secondary N) is 1. The third-order valence-corrected chi connectivity index (χ3v) is 7.78. The van der Waals surface area contributed by atoms with Crippen molar-refractivity contribution in [2.75, 3.05) is 20.2 Å². The summed E-state index contributed by atoms with van der Waals surface area (Å²) in [7, 11) is 1.59. The Bertz CT molecular complexity index is 1530. The Balaban J connectivity index is 1.44. The van der Waals surface area contributed by atoms with E-state index in [4.69, 9.17) is 9.47 Å². The van der Waals surface area contributed by atoms with E-state index in [-0.39, 0.29) is 5.69 Å². The molecular formula is C28H29BrN4O5. The number of H-pyrrole nitrogens is 1. The molecule has 2 aliphatic rings. The summed E-state index contributed by atoms with van der Waals surface area (Å²) in [5, 5.41) is 4.24. The number of rotatable bonds is 5. The molecule has 1 atom stereocenters. The lowest BCUT2D eigenvalue weighted by Gasteiger charge is -2.36. The summed E-state index contributed by atoms with van der Waals surface area (Å²) in [6.45, 7) is 4.77. The molecule has 0 saturated carbocycles. The number of methoxy groups -OCH3 is 1. The maximum absolute atomic E-state index is 13.3. The first kappa shape index (κ1) is 26.0. The number of hydrogen-bond acceptors (Lipinski definition) is 6. The molecule has 0 spiro atoms. The van der Waals surface area contributed by atoms with Gasteiger partial charge in [0.25, 0.3) is 11.5 Å². The minimum Gasteiger partial charge on any atom is -0.496 e. The first-order valence-electron chi connectivity index (χ1n) is 12.6. The van der Waals surface area contributed by atoms with E-state index in [9.17, 15) is 14.4 Å². The van der Waals surface area contributed by atoms with Crippen LogP contribution < -0.4 is 20.7 Å². The Labute approximate surface area is 228 Å². The van der Waals surface area contributed by atoms with E-state index < -0.39 is 17.2 Å². The Hall–Kier alpha value is -3.66. The van der Waals surface area contributed by atoms with Crippen LogP contribution in [0.5, 0.6) is 17.2 Å². The van der Waals surface area contributed by atoms with Crippen molar-refractivity contribution in [3.05, 3.63) is 84.1 Å². The topological polar surface area (TPSA) is 107 Å². The zero-order valence-corrected chi connectivity index (χ0v) is 23.1. The lowest BCUT2D eigenvalue weighted by molar-refractivity contribution is 0.0720. The molecule has 9 nitrogen and oxygen atoms in total. The van der Waals surface area contributed by atoms with Crippen molar-refractivity contribution in [1.82, 2.24) is 19.7 Å². The van der Waals surface area contributed by atoms with Crippen LogP contribution in [0.2, 0.25) is 0 Å². The second-order valence-corrected chi connectivity index (χ2v) is 10.6. The van der Waals surface area contributed by atoms with Crippen molar-refractivity contribution >= 4 is 21.8 Å². The molecule has 1 aliphatic heterocycles. The minimum absolute atomic E-state index is 0.293. The fourth-order valence-electron chi connectivity index (χ4n) is 5.22. The Morgan fingerprint density at radius 1 is 1.13 bits per heavy atom. The van der Waals surface area contributed by atoms with Crippen molar-refractivity contribution < 1.29 is 14.3 Å². The van der Waals surface area contributed by atoms with Gasteiger partial charge in [0.2, 0.25) is 5.69 Å². The second-order valence-electron chi connectivity index (χ2n) is 9.75. The fraction of sp³-hybridized carbons (Fsp3) is 0.357. The van der Waals surface area contributed by atoms with E-state index in [1.165, 1.54) is 12.0 Å². The van der Waals surface area contributed by atoms with Crippen molar-refractivity contribution in [3.63, 3.8) is 0 Å². The van der Waals surface area contributed by atoms with Gasteiger partial charge in [-0.1, -0.05) is 11.6 Å². The highest BCUT2D eigenvalue weighted by Crippen LogP contribution is 2.35. The van der Waals surface area contributed by atoms with Crippen LogP contribution in [0.4, 0.5) is 0 Å². The average molecular weight is 581 g/mol. The lowest BCUT2D eigenvalue weighted by atomic mass is 9.82. The van der Waals surface area contributed by atoms with Gasteiger partial charge in [-0.2, -0.15) is 9.78 Å². The van der Waals surface area contributed by atoms with Crippen molar-refractivity contribution in [3.8, 4) is 22.9 Å². The summed E-state index contributed by atoms with van der Waals surface area (Å²) in [6.07, 6.45) is 6.43. The standard InChI is InChI=1S/C28H29BrN4O5/c1-16-12-20(13-17(2)25(16)38-21-8-9-23(37-3)22(29)14-21)33-28(36)30-26(34)24(31-33)27(35)32-11-10-18-6-4-5-7-19(18)15-32/h7-9,12-14,18H,4-6,10-11,15H2,1-3H3,(H,30,34,36). The number of fused-ring (bicyclic) bond motifs is 1. The van der Waals surface area contributed by atoms with E-state index >= 15 is 0 Å². The highest BCUT2D eigenvalue weighted by atomic mass is 79.9. The summed E-state index contributed by atoms with van der Waals surface area (Å²) in [4.78, 5) is 42.6. The normalized spacial score (nSPS) is 17.0. The number of amides is 1.